The van der Waals surface area contributed by atoms with Crippen LogP contribution in [0.5, 0.6) is 0 Å². The number of rotatable bonds is 6. The van der Waals surface area contributed by atoms with Crippen molar-refractivity contribution >= 4 is 0 Å². The molecule has 0 amide bonds. The van der Waals surface area contributed by atoms with Gasteiger partial charge in [0.1, 0.15) is 5.82 Å². The second-order valence-electron chi connectivity index (χ2n) is 5.52. The number of imidazole rings is 1. The van der Waals surface area contributed by atoms with Crippen LogP contribution < -0.4 is 0 Å². The number of hydrogen-bond acceptors (Lipinski definition) is 3. The van der Waals surface area contributed by atoms with Gasteiger partial charge in [-0.15, -0.1) is 0 Å². The van der Waals surface area contributed by atoms with E-state index in [0.29, 0.717) is 6.04 Å². The Bertz CT molecular complexity index is 377. The van der Waals surface area contributed by atoms with Crippen LogP contribution in [0, 0.1) is 0 Å². The highest BCUT2D eigenvalue weighted by Gasteiger charge is 2.28. The van der Waals surface area contributed by atoms with E-state index in [2.05, 4.69) is 28.3 Å². The molecule has 0 aliphatic heterocycles. The number of aromatic nitrogens is 2. The van der Waals surface area contributed by atoms with Crippen LogP contribution in [0.3, 0.4) is 0 Å². The average Bonchev–Trinajstić information content (AvgIpc) is 2.86. The maximum Gasteiger partial charge on any atom is 0.122 e. The van der Waals surface area contributed by atoms with Gasteiger partial charge >= 0.3 is 0 Å². The monoisotopic (exact) mass is 265 g/mol. The maximum atomic E-state index is 10.3. The first kappa shape index (κ1) is 14.5. The van der Waals surface area contributed by atoms with Crippen molar-refractivity contribution < 1.29 is 5.11 Å². The predicted octanol–water partition coefficient (Wildman–Crippen LogP) is 2.42. The lowest BCUT2D eigenvalue weighted by Crippen LogP contribution is -2.45. The molecule has 1 aliphatic rings. The third-order valence-corrected chi connectivity index (χ3v) is 4.16. The Labute approximate surface area is 116 Å². The summed E-state index contributed by atoms with van der Waals surface area (Å²) in [6.45, 7) is 7.20. The second-order valence-corrected chi connectivity index (χ2v) is 5.52. The molecule has 0 spiro atoms. The van der Waals surface area contributed by atoms with Crippen molar-refractivity contribution in [1.29, 1.82) is 0 Å². The smallest absolute Gasteiger partial charge is 0.122 e. The Balaban J connectivity index is 2.06. The lowest BCUT2D eigenvalue weighted by molar-refractivity contribution is 0.0141. The van der Waals surface area contributed by atoms with E-state index in [1.807, 2.05) is 12.4 Å². The van der Waals surface area contributed by atoms with Gasteiger partial charge in [-0.05, 0) is 32.7 Å². The van der Waals surface area contributed by atoms with E-state index in [1.54, 1.807) is 0 Å². The molecule has 4 nitrogen and oxygen atoms in total. The Hall–Kier alpha value is -0.870. The van der Waals surface area contributed by atoms with Gasteiger partial charge in [0.15, 0.2) is 0 Å². The molecule has 1 aliphatic carbocycles. The molecular formula is C15H27N3O. The van der Waals surface area contributed by atoms with Gasteiger partial charge in [0.2, 0.25) is 0 Å². The third-order valence-electron chi connectivity index (χ3n) is 4.16. The molecule has 2 rings (SSSR count). The molecule has 2 atom stereocenters. The normalized spacial score (nSPS) is 24.0. The Morgan fingerprint density at radius 3 is 2.84 bits per heavy atom. The highest BCUT2D eigenvalue weighted by Crippen LogP contribution is 2.24. The van der Waals surface area contributed by atoms with Crippen LogP contribution in [0.1, 0.15) is 51.8 Å². The first-order valence-corrected chi connectivity index (χ1v) is 7.68. The zero-order valence-corrected chi connectivity index (χ0v) is 12.3. The molecule has 1 N–H and O–H groups in total. The van der Waals surface area contributed by atoms with Gasteiger partial charge in [0.25, 0.3) is 0 Å². The Morgan fingerprint density at radius 2 is 2.16 bits per heavy atom. The van der Waals surface area contributed by atoms with Crippen LogP contribution in [0.15, 0.2) is 12.4 Å². The molecule has 1 aromatic rings. The summed E-state index contributed by atoms with van der Waals surface area (Å²) < 4.78 is 2.19. The summed E-state index contributed by atoms with van der Waals surface area (Å²) in [5, 5.41) is 10.3. The summed E-state index contributed by atoms with van der Waals surface area (Å²) in [5.41, 5.74) is 0. The molecule has 0 radical (unpaired) electrons. The van der Waals surface area contributed by atoms with Crippen LogP contribution in [0.25, 0.3) is 0 Å². The topological polar surface area (TPSA) is 41.3 Å². The summed E-state index contributed by atoms with van der Waals surface area (Å²) >= 11 is 0. The molecule has 0 unspecified atom stereocenters. The van der Waals surface area contributed by atoms with Gasteiger partial charge < -0.3 is 9.67 Å². The van der Waals surface area contributed by atoms with E-state index in [0.717, 1.165) is 44.7 Å². The zero-order chi connectivity index (χ0) is 13.7. The van der Waals surface area contributed by atoms with Crippen molar-refractivity contribution in [1.82, 2.24) is 14.5 Å². The molecule has 1 fully saturated rings. The molecule has 1 aromatic heterocycles. The predicted molar refractivity (Wildman–Crippen MR) is 76.9 cm³/mol. The average molecular weight is 265 g/mol. The standard InChI is InChI=1S/C15H27N3O/c1-3-10-18(13-7-5-6-8-14(13)19)12-15-16-9-11-17(15)4-2/h9,11,13-14,19H,3-8,10,12H2,1-2H3/t13-,14-/m1/s1. The summed E-state index contributed by atoms with van der Waals surface area (Å²) in [5.74, 6) is 1.12. The van der Waals surface area contributed by atoms with E-state index in [9.17, 15) is 5.11 Å². The molecule has 0 saturated heterocycles. The summed E-state index contributed by atoms with van der Waals surface area (Å²) in [7, 11) is 0. The number of aliphatic hydroxyl groups excluding tert-OH is 1. The lowest BCUT2D eigenvalue weighted by atomic mass is 9.91. The van der Waals surface area contributed by atoms with Crippen molar-refractivity contribution in [2.24, 2.45) is 0 Å². The van der Waals surface area contributed by atoms with Gasteiger partial charge in [-0.3, -0.25) is 4.90 Å². The first-order valence-electron chi connectivity index (χ1n) is 7.68. The van der Waals surface area contributed by atoms with Crippen LogP contribution in [0.4, 0.5) is 0 Å². The zero-order valence-electron chi connectivity index (χ0n) is 12.3. The van der Waals surface area contributed by atoms with Crippen molar-refractivity contribution in [2.45, 2.75) is 71.2 Å². The third kappa shape index (κ3) is 3.57. The molecule has 19 heavy (non-hydrogen) atoms. The lowest BCUT2D eigenvalue weighted by Gasteiger charge is -2.37. The van der Waals surface area contributed by atoms with Crippen molar-refractivity contribution in [3.8, 4) is 0 Å². The molecule has 4 heteroatoms. The minimum atomic E-state index is -0.162. The summed E-state index contributed by atoms with van der Waals surface area (Å²) in [6, 6.07) is 0.315. The van der Waals surface area contributed by atoms with E-state index < -0.39 is 0 Å². The Morgan fingerprint density at radius 1 is 1.37 bits per heavy atom. The van der Waals surface area contributed by atoms with Crippen LogP contribution in [-0.2, 0) is 13.1 Å². The van der Waals surface area contributed by atoms with Gasteiger partial charge in [-0.25, -0.2) is 4.98 Å². The van der Waals surface area contributed by atoms with Crippen LogP contribution >= 0.6 is 0 Å². The highest BCUT2D eigenvalue weighted by molar-refractivity contribution is 4.94. The first-order chi connectivity index (χ1) is 9.26. The fourth-order valence-corrected chi connectivity index (χ4v) is 3.13. The number of aliphatic hydroxyl groups is 1. The van der Waals surface area contributed by atoms with Gasteiger partial charge in [0, 0.05) is 25.0 Å². The molecule has 0 bridgehead atoms. The van der Waals surface area contributed by atoms with E-state index >= 15 is 0 Å². The molecule has 1 heterocycles. The summed E-state index contributed by atoms with van der Waals surface area (Å²) in [4.78, 5) is 6.90. The minimum Gasteiger partial charge on any atom is -0.391 e. The highest BCUT2D eigenvalue weighted by atomic mass is 16.3. The number of nitrogens with zero attached hydrogens (tertiary/aromatic N) is 3. The van der Waals surface area contributed by atoms with Crippen LogP contribution in [0.2, 0.25) is 0 Å². The Kier molecular flexibility index (Phi) is 5.40. The minimum absolute atomic E-state index is 0.162. The van der Waals surface area contributed by atoms with E-state index in [4.69, 9.17) is 0 Å². The molecule has 108 valence electrons. The second kappa shape index (κ2) is 7.06. The molecule has 1 saturated carbocycles. The summed E-state index contributed by atoms with van der Waals surface area (Å²) in [6.07, 6.45) is 9.35. The maximum absolute atomic E-state index is 10.3. The fourth-order valence-electron chi connectivity index (χ4n) is 3.13. The molecular weight excluding hydrogens is 238 g/mol. The van der Waals surface area contributed by atoms with Crippen molar-refractivity contribution in [3.05, 3.63) is 18.2 Å². The SMILES string of the molecule is CCCN(Cc1nccn1CC)[C@@H]1CCCC[C@H]1O. The van der Waals surface area contributed by atoms with Crippen molar-refractivity contribution in [3.63, 3.8) is 0 Å². The van der Waals surface area contributed by atoms with Gasteiger partial charge in [-0.2, -0.15) is 0 Å². The van der Waals surface area contributed by atoms with Gasteiger partial charge in [0.05, 0.1) is 12.6 Å². The number of hydrogen-bond donors (Lipinski definition) is 1. The van der Waals surface area contributed by atoms with Crippen molar-refractivity contribution in [2.75, 3.05) is 6.54 Å². The molecule has 0 aromatic carbocycles. The van der Waals surface area contributed by atoms with E-state index in [1.165, 1.54) is 12.8 Å². The fraction of sp³-hybridized carbons (Fsp3) is 0.800. The quantitative estimate of drug-likeness (QED) is 0.859. The van der Waals surface area contributed by atoms with E-state index in [-0.39, 0.29) is 6.10 Å². The van der Waals surface area contributed by atoms with Crippen LogP contribution in [-0.4, -0.2) is 38.2 Å². The largest absolute Gasteiger partial charge is 0.391 e. The number of aryl methyl sites for hydroxylation is 1. The van der Waals surface area contributed by atoms with Gasteiger partial charge in [-0.1, -0.05) is 19.8 Å².